The zero-order valence-corrected chi connectivity index (χ0v) is 13.5. The molecule has 1 fully saturated rings. The molecular weight excluding hydrogens is 296 g/mol. The van der Waals surface area contributed by atoms with E-state index < -0.39 is 5.97 Å². The summed E-state index contributed by atoms with van der Waals surface area (Å²) in [5.41, 5.74) is 1.21. The summed E-state index contributed by atoms with van der Waals surface area (Å²) >= 11 is 0. The van der Waals surface area contributed by atoms with Crippen molar-refractivity contribution in [1.29, 1.82) is 0 Å². The highest BCUT2D eigenvalue weighted by molar-refractivity contribution is 5.91. The number of rotatable bonds is 4. The number of morpholine rings is 1. The molecular formula is C17H24N2O4. The average molecular weight is 320 g/mol. The van der Waals surface area contributed by atoms with Crippen molar-refractivity contribution in [1.82, 2.24) is 9.80 Å². The van der Waals surface area contributed by atoms with Gasteiger partial charge in [0.05, 0.1) is 13.2 Å². The lowest BCUT2D eigenvalue weighted by molar-refractivity contribution is 0.0231. The molecule has 6 heteroatoms. The lowest BCUT2D eigenvalue weighted by Crippen LogP contribution is -2.46. The lowest BCUT2D eigenvalue weighted by atomic mass is 10.1. The zero-order chi connectivity index (χ0) is 16.2. The number of fused-ring (bicyclic) bond motifs is 1. The zero-order valence-electron chi connectivity index (χ0n) is 13.5. The van der Waals surface area contributed by atoms with Crippen LogP contribution in [0.4, 0.5) is 0 Å². The fourth-order valence-corrected chi connectivity index (χ4v) is 3.26. The van der Waals surface area contributed by atoms with Gasteiger partial charge in [0.15, 0.2) is 0 Å². The van der Waals surface area contributed by atoms with Gasteiger partial charge in [0.25, 0.3) is 0 Å². The fourth-order valence-electron chi connectivity index (χ4n) is 3.26. The number of carboxylic acid groups (broad SMARTS) is 1. The standard InChI is InChI=1S/C17H24N2O4/c1-13(11-18-5-8-22-9-6-18)19-7-10-23-16-14(12-19)3-2-4-15(16)17(20)21/h2-4,13H,5-12H2,1H3,(H,20,21). The second kappa shape index (κ2) is 7.29. The molecule has 1 aromatic carbocycles. The average Bonchev–Trinajstić information content (AvgIpc) is 2.77. The number of carboxylic acids is 1. The van der Waals surface area contributed by atoms with E-state index in [-0.39, 0.29) is 5.56 Å². The van der Waals surface area contributed by atoms with Crippen LogP contribution in [0.2, 0.25) is 0 Å². The molecule has 126 valence electrons. The topological polar surface area (TPSA) is 62.2 Å². The SMILES string of the molecule is CC(CN1CCOCC1)N1CCOc2c(cccc2C(=O)O)C1. The smallest absolute Gasteiger partial charge is 0.339 e. The van der Waals surface area contributed by atoms with E-state index >= 15 is 0 Å². The Balaban J connectivity index is 1.70. The van der Waals surface area contributed by atoms with Gasteiger partial charge < -0.3 is 14.6 Å². The number of carbonyl (C=O) groups is 1. The van der Waals surface area contributed by atoms with Gasteiger partial charge in [-0.3, -0.25) is 9.80 Å². The van der Waals surface area contributed by atoms with Crippen LogP contribution in [0.3, 0.4) is 0 Å². The van der Waals surface area contributed by atoms with E-state index in [1.54, 1.807) is 12.1 Å². The van der Waals surface area contributed by atoms with E-state index in [0.717, 1.165) is 51.5 Å². The summed E-state index contributed by atoms with van der Waals surface area (Å²) in [6.07, 6.45) is 0. The summed E-state index contributed by atoms with van der Waals surface area (Å²) in [7, 11) is 0. The molecule has 3 rings (SSSR count). The Kier molecular flexibility index (Phi) is 5.15. The van der Waals surface area contributed by atoms with Crippen molar-refractivity contribution in [3.8, 4) is 5.75 Å². The quantitative estimate of drug-likeness (QED) is 0.902. The molecule has 1 aromatic rings. The van der Waals surface area contributed by atoms with E-state index in [1.165, 1.54) is 0 Å². The van der Waals surface area contributed by atoms with Crippen LogP contribution >= 0.6 is 0 Å². The first kappa shape index (κ1) is 16.2. The monoisotopic (exact) mass is 320 g/mol. The molecule has 23 heavy (non-hydrogen) atoms. The van der Waals surface area contributed by atoms with Crippen LogP contribution in [-0.4, -0.2) is 72.9 Å². The van der Waals surface area contributed by atoms with Gasteiger partial charge >= 0.3 is 5.97 Å². The second-order valence-electron chi connectivity index (χ2n) is 6.18. The third-order valence-electron chi connectivity index (χ3n) is 4.57. The van der Waals surface area contributed by atoms with Crippen LogP contribution in [0.25, 0.3) is 0 Å². The van der Waals surface area contributed by atoms with E-state index in [4.69, 9.17) is 9.47 Å². The van der Waals surface area contributed by atoms with Crippen LogP contribution in [-0.2, 0) is 11.3 Å². The summed E-state index contributed by atoms with van der Waals surface area (Å²) in [5.74, 6) is -0.405. The van der Waals surface area contributed by atoms with Gasteiger partial charge in [0.2, 0.25) is 0 Å². The fraction of sp³-hybridized carbons (Fsp3) is 0.588. The maximum absolute atomic E-state index is 11.4. The van der Waals surface area contributed by atoms with Crippen LogP contribution in [0.1, 0.15) is 22.8 Å². The van der Waals surface area contributed by atoms with Gasteiger partial charge in [-0.2, -0.15) is 0 Å². The molecule has 0 bridgehead atoms. The van der Waals surface area contributed by atoms with Crippen molar-refractivity contribution in [3.05, 3.63) is 29.3 Å². The Morgan fingerprint density at radius 1 is 1.26 bits per heavy atom. The van der Waals surface area contributed by atoms with Crippen molar-refractivity contribution < 1.29 is 19.4 Å². The Bertz CT molecular complexity index is 558. The Labute approximate surface area is 136 Å². The van der Waals surface area contributed by atoms with Crippen LogP contribution in [0, 0.1) is 0 Å². The van der Waals surface area contributed by atoms with Crippen LogP contribution in [0.5, 0.6) is 5.75 Å². The summed E-state index contributed by atoms with van der Waals surface area (Å²) in [4.78, 5) is 16.1. The first-order valence-corrected chi connectivity index (χ1v) is 8.17. The first-order chi connectivity index (χ1) is 11.1. The lowest BCUT2D eigenvalue weighted by Gasteiger charge is -2.34. The minimum Gasteiger partial charge on any atom is -0.491 e. The van der Waals surface area contributed by atoms with Crippen LogP contribution < -0.4 is 4.74 Å². The van der Waals surface area contributed by atoms with Crippen molar-refractivity contribution >= 4 is 5.97 Å². The summed E-state index contributed by atoms with van der Waals surface area (Å²) in [6, 6.07) is 5.74. The predicted molar refractivity (Wildman–Crippen MR) is 86.0 cm³/mol. The van der Waals surface area contributed by atoms with Gasteiger partial charge in [-0.05, 0) is 13.0 Å². The second-order valence-corrected chi connectivity index (χ2v) is 6.18. The molecule has 1 N–H and O–H groups in total. The van der Waals surface area contributed by atoms with Crippen molar-refractivity contribution in [3.63, 3.8) is 0 Å². The van der Waals surface area contributed by atoms with Gasteiger partial charge in [0.1, 0.15) is 17.9 Å². The summed E-state index contributed by atoms with van der Waals surface area (Å²) in [6.45, 7) is 8.84. The van der Waals surface area contributed by atoms with Crippen molar-refractivity contribution in [2.75, 3.05) is 46.0 Å². The Morgan fingerprint density at radius 2 is 2.04 bits per heavy atom. The Hall–Kier alpha value is -1.63. The molecule has 0 amide bonds. The molecule has 2 heterocycles. The first-order valence-electron chi connectivity index (χ1n) is 8.17. The highest BCUT2D eigenvalue weighted by atomic mass is 16.5. The molecule has 6 nitrogen and oxygen atoms in total. The number of hydrogen-bond donors (Lipinski definition) is 1. The third-order valence-corrected chi connectivity index (χ3v) is 4.57. The maximum Gasteiger partial charge on any atom is 0.339 e. The number of para-hydroxylation sites is 1. The van der Waals surface area contributed by atoms with Crippen molar-refractivity contribution in [2.24, 2.45) is 0 Å². The molecule has 1 saturated heterocycles. The van der Waals surface area contributed by atoms with E-state index in [0.29, 0.717) is 18.4 Å². The van der Waals surface area contributed by atoms with Gasteiger partial charge in [-0.15, -0.1) is 0 Å². The maximum atomic E-state index is 11.4. The molecule has 1 atom stereocenters. The minimum absolute atomic E-state index is 0.255. The molecule has 0 spiro atoms. The van der Waals surface area contributed by atoms with Gasteiger partial charge in [-0.1, -0.05) is 12.1 Å². The molecule has 0 aliphatic carbocycles. The van der Waals surface area contributed by atoms with Crippen molar-refractivity contribution in [2.45, 2.75) is 19.5 Å². The summed E-state index contributed by atoms with van der Waals surface area (Å²) < 4.78 is 11.2. The minimum atomic E-state index is -0.934. The molecule has 2 aliphatic heterocycles. The molecule has 2 aliphatic rings. The highest BCUT2D eigenvalue weighted by Crippen LogP contribution is 2.28. The normalized spacial score (nSPS) is 21.1. The van der Waals surface area contributed by atoms with Gasteiger partial charge in [-0.25, -0.2) is 4.79 Å². The number of benzene rings is 1. The largest absolute Gasteiger partial charge is 0.491 e. The third kappa shape index (κ3) is 3.83. The number of ether oxygens (including phenoxy) is 2. The van der Waals surface area contributed by atoms with Gasteiger partial charge in [0, 0.05) is 44.3 Å². The molecule has 0 aromatic heterocycles. The van der Waals surface area contributed by atoms with E-state index in [2.05, 4.69) is 16.7 Å². The number of hydrogen-bond acceptors (Lipinski definition) is 5. The number of nitrogens with zero attached hydrogens (tertiary/aromatic N) is 2. The van der Waals surface area contributed by atoms with Crippen LogP contribution in [0.15, 0.2) is 18.2 Å². The van der Waals surface area contributed by atoms with E-state index in [9.17, 15) is 9.90 Å². The number of aromatic carboxylic acids is 1. The summed E-state index contributed by atoms with van der Waals surface area (Å²) in [5, 5.41) is 9.31. The predicted octanol–water partition coefficient (Wildman–Crippen LogP) is 1.30. The highest BCUT2D eigenvalue weighted by Gasteiger charge is 2.25. The molecule has 0 radical (unpaired) electrons. The molecule has 1 unspecified atom stereocenters. The molecule has 0 saturated carbocycles. The van der Waals surface area contributed by atoms with E-state index in [1.807, 2.05) is 6.07 Å². The Morgan fingerprint density at radius 3 is 2.78 bits per heavy atom.